The van der Waals surface area contributed by atoms with E-state index in [9.17, 15) is 4.79 Å². The summed E-state index contributed by atoms with van der Waals surface area (Å²) in [7, 11) is 1.65. The second kappa shape index (κ2) is 7.46. The smallest absolute Gasteiger partial charge is 0.237 e. The molecule has 4 heteroatoms. The van der Waals surface area contributed by atoms with Gasteiger partial charge in [0.15, 0.2) is 0 Å². The Labute approximate surface area is 128 Å². The molecular weight excluding hydrogens is 264 g/mol. The molecule has 4 nitrogen and oxygen atoms in total. The van der Waals surface area contributed by atoms with Gasteiger partial charge in [0, 0.05) is 11.6 Å². The van der Waals surface area contributed by atoms with Gasteiger partial charge in [0.25, 0.3) is 0 Å². The van der Waals surface area contributed by atoms with Gasteiger partial charge in [-0.2, -0.15) is 0 Å². The van der Waals surface area contributed by atoms with Crippen LogP contribution >= 0.6 is 0 Å². The van der Waals surface area contributed by atoms with E-state index in [1.54, 1.807) is 7.11 Å². The number of nitrogens with one attached hydrogen (secondary N) is 2. The average molecular weight is 292 g/mol. The molecule has 1 rings (SSSR count). The number of rotatable bonds is 7. The van der Waals surface area contributed by atoms with Crippen molar-refractivity contribution in [3.05, 3.63) is 29.8 Å². The van der Waals surface area contributed by atoms with E-state index in [-0.39, 0.29) is 23.5 Å². The number of benzene rings is 1. The van der Waals surface area contributed by atoms with Crippen LogP contribution in [0.4, 0.5) is 0 Å². The number of methoxy groups -OCH3 is 1. The maximum atomic E-state index is 12.2. The van der Waals surface area contributed by atoms with Crippen LogP contribution in [0.3, 0.4) is 0 Å². The lowest BCUT2D eigenvalue weighted by Crippen LogP contribution is -2.51. The molecule has 0 saturated carbocycles. The predicted molar refractivity (Wildman–Crippen MR) is 86.5 cm³/mol. The Morgan fingerprint density at radius 1 is 1.24 bits per heavy atom. The van der Waals surface area contributed by atoms with Crippen LogP contribution in [0.15, 0.2) is 24.3 Å². The molecule has 0 aliphatic heterocycles. The van der Waals surface area contributed by atoms with E-state index in [0.29, 0.717) is 0 Å². The van der Waals surface area contributed by atoms with Crippen molar-refractivity contribution in [2.24, 2.45) is 0 Å². The van der Waals surface area contributed by atoms with Crippen molar-refractivity contribution in [2.75, 3.05) is 7.11 Å². The molecule has 2 N–H and O–H groups in total. The lowest BCUT2D eigenvalue weighted by molar-refractivity contribution is -0.124. The fourth-order valence-corrected chi connectivity index (χ4v) is 1.97. The molecule has 1 aromatic rings. The monoisotopic (exact) mass is 292 g/mol. The van der Waals surface area contributed by atoms with Crippen molar-refractivity contribution in [2.45, 2.75) is 58.7 Å². The zero-order valence-corrected chi connectivity index (χ0v) is 14.0. The fraction of sp³-hybridized carbons (Fsp3) is 0.588. The standard InChI is InChI=1S/C17H28N2O2/c1-7-17(4,5)19-16(20)13(3)18-12(2)14-8-10-15(21-6)11-9-14/h8-13,18H,7H2,1-6H3,(H,19,20)/t12-,13?/m1/s1. The highest BCUT2D eigenvalue weighted by molar-refractivity contribution is 5.82. The molecule has 21 heavy (non-hydrogen) atoms. The van der Waals surface area contributed by atoms with Gasteiger partial charge in [-0.15, -0.1) is 0 Å². The molecular formula is C17H28N2O2. The molecule has 0 bridgehead atoms. The molecule has 0 aromatic heterocycles. The molecule has 0 aliphatic rings. The number of hydrogen-bond donors (Lipinski definition) is 2. The van der Waals surface area contributed by atoms with Crippen molar-refractivity contribution in [1.29, 1.82) is 0 Å². The zero-order valence-electron chi connectivity index (χ0n) is 14.0. The van der Waals surface area contributed by atoms with Gasteiger partial charge in [-0.1, -0.05) is 19.1 Å². The first kappa shape index (κ1) is 17.5. The Bertz CT molecular complexity index is 454. The highest BCUT2D eigenvalue weighted by Crippen LogP contribution is 2.18. The molecule has 0 saturated heterocycles. The van der Waals surface area contributed by atoms with Gasteiger partial charge in [0.2, 0.25) is 5.91 Å². The largest absolute Gasteiger partial charge is 0.497 e. The van der Waals surface area contributed by atoms with E-state index >= 15 is 0 Å². The molecule has 0 heterocycles. The highest BCUT2D eigenvalue weighted by Gasteiger charge is 2.22. The molecule has 0 radical (unpaired) electrons. The normalized spacial score (nSPS) is 14.4. The van der Waals surface area contributed by atoms with E-state index in [1.165, 1.54) is 0 Å². The summed E-state index contributed by atoms with van der Waals surface area (Å²) in [4.78, 5) is 12.2. The second-order valence-electron chi connectivity index (χ2n) is 6.11. The number of hydrogen-bond acceptors (Lipinski definition) is 3. The second-order valence-corrected chi connectivity index (χ2v) is 6.11. The van der Waals surface area contributed by atoms with Crippen LogP contribution in [0.2, 0.25) is 0 Å². The molecule has 1 unspecified atom stereocenters. The lowest BCUT2D eigenvalue weighted by atomic mass is 10.0. The molecule has 2 atom stereocenters. The highest BCUT2D eigenvalue weighted by atomic mass is 16.5. The minimum absolute atomic E-state index is 0.0298. The van der Waals surface area contributed by atoms with E-state index in [1.807, 2.05) is 45.0 Å². The lowest BCUT2D eigenvalue weighted by Gasteiger charge is -2.28. The first-order valence-electron chi connectivity index (χ1n) is 7.51. The third-order valence-corrected chi connectivity index (χ3v) is 3.85. The van der Waals surface area contributed by atoms with Gasteiger partial charge in [-0.25, -0.2) is 0 Å². The predicted octanol–water partition coefficient (Wildman–Crippen LogP) is 3.04. The Kier molecular flexibility index (Phi) is 6.21. The zero-order chi connectivity index (χ0) is 16.0. The van der Waals surface area contributed by atoms with Gasteiger partial charge in [-0.05, 0) is 51.8 Å². The quantitative estimate of drug-likeness (QED) is 0.812. The average Bonchev–Trinajstić information content (AvgIpc) is 2.46. The van der Waals surface area contributed by atoms with Crippen LogP contribution in [0, 0.1) is 0 Å². The summed E-state index contributed by atoms with van der Waals surface area (Å²) in [5.74, 6) is 0.864. The molecule has 0 spiro atoms. The number of amides is 1. The van der Waals surface area contributed by atoms with E-state index in [2.05, 4.69) is 24.5 Å². The van der Waals surface area contributed by atoms with E-state index in [4.69, 9.17) is 4.74 Å². The van der Waals surface area contributed by atoms with Crippen LogP contribution in [-0.4, -0.2) is 24.6 Å². The van der Waals surface area contributed by atoms with Gasteiger partial charge in [0.05, 0.1) is 13.2 Å². The molecule has 1 amide bonds. The summed E-state index contributed by atoms with van der Waals surface area (Å²) in [6, 6.07) is 7.74. The summed E-state index contributed by atoms with van der Waals surface area (Å²) in [6.45, 7) is 10.1. The fourth-order valence-electron chi connectivity index (χ4n) is 1.97. The summed E-state index contributed by atoms with van der Waals surface area (Å²) < 4.78 is 5.15. The van der Waals surface area contributed by atoms with E-state index < -0.39 is 0 Å². The van der Waals surface area contributed by atoms with Gasteiger partial charge in [0.1, 0.15) is 5.75 Å². The first-order chi connectivity index (χ1) is 9.79. The SMILES string of the molecule is CCC(C)(C)NC(=O)C(C)N[C@H](C)c1ccc(OC)cc1. The molecule has 118 valence electrons. The van der Waals surface area contributed by atoms with Crippen LogP contribution in [0.1, 0.15) is 52.6 Å². The number of ether oxygens (including phenoxy) is 1. The molecule has 0 aliphatic carbocycles. The maximum Gasteiger partial charge on any atom is 0.237 e. The van der Waals surface area contributed by atoms with Crippen LogP contribution in [0.5, 0.6) is 5.75 Å². The van der Waals surface area contributed by atoms with Gasteiger partial charge < -0.3 is 10.1 Å². The van der Waals surface area contributed by atoms with Gasteiger partial charge >= 0.3 is 0 Å². The van der Waals surface area contributed by atoms with Crippen molar-refractivity contribution in [3.63, 3.8) is 0 Å². The van der Waals surface area contributed by atoms with Crippen molar-refractivity contribution in [3.8, 4) is 5.75 Å². The molecule has 0 fully saturated rings. The van der Waals surface area contributed by atoms with Crippen molar-refractivity contribution in [1.82, 2.24) is 10.6 Å². The topological polar surface area (TPSA) is 50.4 Å². The number of carbonyl (C=O) groups excluding carboxylic acids is 1. The Hall–Kier alpha value is -1.55. The summed E-state index contributed by atoms with van der Waals surface area (Å²) in [5.41, 5.74) is 0.960. The molecule has 1 aromatic carbocycles. The summed E-state index contributed by atoms with van der Waals surface area (Å²) in [6.07, 6.45) is 0.902. The third-order valence-electron chi connectivity index (χ3n) is 3.85. The summed E-state index contributed by atoms with van der Waals surface area (Å²) >= 11 is 0. The minimum Gasteiger partial charge on any atom is -0.497 e. The Morgan fingerprint density at radius 3 is 2.29 bits per heavy atom. The third kappa shape index (κ3) is 5.38. The first-order valence-corrected chi connectivity index (χ1v) is 7.51. The minimum atomic E-state index is -0.243. The van der Waals surface area contributed by atoms with Gasteiger partial charge in [-0.3, -0.25) is 10.1 Å². The van der Waals surface area contributed by atoms with Crippen LogP contribution < -0.4 is 15.4 Å². The maximum absolute atomic E-state index is 12.2. The Morgan fingerprint density at radius 2 is 1.81 bits per heavy atom. The van der Waals surface area contributed by atoms with E-state index in [0.717, 1.165) is 17.7 Å². The van der Waals surface area contributed by atoms with Crippen LogP contribution in [-0.2, 0) is 4.79 Å². The van der Waals surface area contributed by atoms with Crippen LogP contribution in [0.25, 0.3) is 0 Å². The number of carbonyl (C=O) groups is 1. The van der Waals surface area contributed by atoms with Crippen molar-refractivity contribution >= 4 is 5.91 Å². The van der Waals surface area contributed by atoms with Crippen molar-refractivity contribution < 1.29 is 9.53 Å². The Balaban J connectivity index is 2.60. The summed E-state index contributed by atoms with van der Waals surface area (Å²) in [5, 5.41) is 6.39.